The monoisotopic (exact) mass is 487 g/mol. The second-order valence-electron chi connectivity index (χ2n) is 6.07. The van der Waals surface area contributed by atoms with Crippen LogP contribution in [0.1, 0.15) is 10.4 Å². The predicted molar refractivity (Wildman–Crippen MR) is 107 cm³/mol. The first-order valence-electron chi connectivity index (χ1n) is 8.19. The van der Waals surface area contributed by atoms with Gasteiger partial charge in [0, 0.05) is 41.7 Å². The first-order valence-corrected chi connectivity index (χ1v) is 10.8. The van der Waals surface area contributed by atoms with Gasteiger partial charge in [0.1, 0.15) is 5.56 Å². The van der Waals surface area contributed by atoms with Crippen LogP contribution in [0.15, 0.2) is 51.8 Å². The molecule has 1 heterocycles. The van der Waals surface area contributed by atoms with E-state index in [0.29, 0.717) is 4.47 Å². The van der Waals surface area contributed by atoms with Crippen molar-refractivity contribution in [2.24, 2.45) is 0 Å². The van der Waals surface area contributed by atoms with Crippen LogP contribution < -0.4 is 0 Å². The topological polar surface area (TPSA) is 101 Å². The number of carbonyl (C=O) groups is 1. The van der Waals surface area contributed by atoms with Gasteiger partial charge < -0.3 is 4.90 Å². The molecular weight excluding hydrogens is 474 g/mol. The lowest BCUT2D eigenvalue weighted by Gasteiger charge is -2.34. The van der Waals surface area contributed by atoms with E-state index in [1.54, 1.807) is 12.1 Å². The molecule has 0 radical (unpaired) electrons. The van der Waals surface area contributed by atoms with E-state index in [4.69, 9.17) is 11.6 Å². The van der Waals surface area contributed by atoms with Crippen LogP contribution in [0.5, 0.6) is 0 Å². The maximum atomic E-state index is 12.8. The van der Waals surface area contributed by atoms with Crippen LogP contribution >= 0.6 is 27.5 Å². The van der Waals surface area contributed by atoms with Gasteiger partial charge in [0.2, 0.25) is 10.0 Å². The number of benzene rings is 2. The normalized spacial score (nSPS) is 15.4. The van der Waals surface area contributed by atoms with Crippen molar-refractivity contribution >= 4 is 49.1 Å². The molecule has 0 spiro atoms. The minimum Gasteiger partial charge on any atom is -0.336 e. The molecular formula is C17H15BrClN3O5S. The van der Waals surface area contributed by atoms with Crippen molar-refractivity contribution in [2.45, 2.75) is 4.90 Å². The lowest BCUT2D eigenvalue weighted by Crippen LogP contribution is -2.50. The van der Waals surface area contributed by atoms with Crippen molar-refractivity contribution in [3.05, 3.63) is 67.6 Å². The van der Waals surface area contributed by atoms with Gasteiger partial charge in [0.25, 0.3) is 11.6 Å². The highest BCUT2D eigenvalue weighted by atomic mass is 79.9. The zero-order chi connectivity index (χ0) is 20.5. The number of piperazine rings is 1. The Morgan fingerprint density at radius 2 is 1.79 bits per heavy atom. The van der Waals surface area contributed by atoms with E-state index >= 15 is 0 Å². The van der Waals surface area contributed by atoms with Gasteiger partial charge in [-0.05, 0) is 30.3 Å². The molecule has 1 saturated heterocycles. The highest BCUT2D eigenvalue weighted by Crippen LogP contribution is 2.26. The highest BCUT2D eigenvalue weighted by molar-refractivity contribution is 9.10. The molecule has 1 aliphatic heterocycles. The molecule has 2 aromatic rings. The van der Waals surface area contributed by atoms with Gasteiger partial charge in [-0.2, -0.15) is 4.31 Å². The van der Waals surface area contributed by atoms with Gasteiger partial charge in [0.15, 0.2) is 0 Å². The molecule has 0 saturated carbocycles. The Morgan fingerprint density at radius 3 is 2.39 bits per heavy atom. The van der Waals surface area contributed by atoms with Gasteiger partial charge in [-0.3, -0.25) is 14.9 Å². The molecule has 1 amide bonds. The Labute approximate surface area is 175 Å². The maximum Gasteiger partial charge on any atom is 0.283 e. The molecule has 1 aliphatic rings. The van der Waals surface area contributed by atoms with E-state index in [-0.39, 0.29) is 47.3 Å². The Bertz CT molecular complexity index is 1040. The van der Waals surface area contributed by atoms with Crippen molar-refractivity contribution in [3.63, 3.8) is 0 Å². The van der Waals surface area contributed by atoms with Crippen molar-refractivity contribution in [2.75, 3.05) is 26.2 Å². The molecule has 148 valence electrons. The molecule has 0 bridgehead atoms. The summed E-state index contributed by atoms with van der Waals surface area (Å²) in [4.78, 5) is 24.8. The number of carbonyl (C=O) groups excluding carboxylic acids is 1. The number of rotatable bonds is 4. The molecule has 28 heavy (non-hydrogen) atoms. The zero-order valence-electron chi connectivity index (χ0n) is 14.4. The Kier molecular flexibility index (Phi) is 6.04. The summed E-state index contributed by atoms with van der Waals surface area (Å²) in [7, 11) is -3.69. The minimum atomic E-state index is -3.69. The zero-order valence-corrected chi connectivity index (χ0v) is 17.6. The second-order valence-corrected chi connectivity index (χ2v) is 9.36. The van der Waals surface area contributed by atoms with Gasteiger partial charge in [0.05, 0.1) is 9.82 Å². The van der Waals surface area contributed by atoms with E-state index in [0.717, 1.165) is 6.07 Å². The lowest BCUT2D eigenvalue weighted by atomic mass is 10.1. The molecule has 1 fully saturated rings. The predicted octanol–water partition coefficient (Wildman–Crippen LogP) is 3.16. The SMILES string of the molecule is O=C(c1ccc(Cl)cc1[N+](=O)[O-])N1CCN(S(=O)(=O)c2cccc(Br)c2)CC1. The molecule has 0 aromatic heterocycles. The van der Waals surface area contributed by atoms with Gasteiger partial charge in [-0.25, -0.2) is 8.42 Å². The fourth-order valence-corrected chi connectivity index (χ4v) is 5.10. The standard InChI is InChI=1S/C17H15BrClN3O5S/c18-12-2-1-3-14(10-12)28(26,27)21-8-6-20(7-9-21)17(23)15-5-4-13(19)11-16(15)22(24)25/h1-5,10-11H,6-9H2. The van der Waals surface area contributed by atoms with Crippen LogP contribution in [-0.2, 0) is 10.0 Å². The summed E-state index contributed by atoms with van der Waals surface area (Å²) in [5.41, 5.74) is -0.445. The smallest absolute Gasteiger partial charge is 0.283 e. The van der Waals surface area contributed by atoms with Crippen LogP contribution in [0.2, 0.25) is 5.02 Å². The quantitative estimate of drug-likeness (QED) is 0.486. The van der Waals surface area contributed by atoms with Crippen molar-refractivity contribution < 1.29 is 18.1 Å². The first-order chi connectivity index (χ1) is 13.2. The third kappa shape index (κ3) is 4.19. The average molecular weight is 489 g/mol. The number of hydrogen-bond donors (Lipinski definition) is 0. The fourth-order valence-electron chi connectivity index (χ4n) is 2.92. The minimum absolute atomic E-state index is 0.0716. The number of sulfonamides is 1. The molecule has 0 unspecified atom stereocenters. The second kappa shape index (κ2) is 8.16. The van der Waals surface area contributed by atoms with Crippen LogP contribution in [0.4, 0.5) is 5.69 Å². The summed E-state index contributed by atoms with van der Waals surface area (Å²) in [6.45, 7) is 0.460. The molecule has 0 N–H and O–H groups in total. The average Bonchev–Trinajstić information content (AvgIpc) is 2.67. The fraction of sp³-hybridized carbons (Fsp3) is 0.235. The van der Waals surface area contributed by atoms with Gasteiger partial charge >= 0.3 is 0 Å². The lowest BCUT2D eigenvalue weighted by molar-refractivity contribution is -0.385. The van der Waals surface area contributed by atoms with E-state index in [1.807, 2.05) is 0 Å². The number of amides is 1. The van der Waals surface area contributed by atoms with E-state index in [9.17, 15) is 23.3 Å². The molecule has 2 aromatic carbocycles. The summed E-state index contributed by atoms with van der Waals surface area (Å²) < 4.78 is 27.5. The number of nitro groups is 1. The molecule has 11 heteroatoms. The third-order valence-corrected chi connectivity index (χ3v) is 6.97. The molecule has 0 atom stereocenters. The number of hydrogen-bond acceptors (Lipinski definition) is 5. The number of nitro benzene ring substituents is 1. The van der Waals surface area contributed by atoms with Gasteiger partial charge in [-0.1, -0.05) is 33.6 Å². The van der Waals surface area contributed by atoms with Crippen LogP contribution in [-0.4, -0.2) is 54.6 Å². The summed E-state index contributed by atoms with van der Waals surface area (Å²) >= 11 is 9.04. The van der Waals surface area contributed by atoms with Crippen LogP contribution in [0.3, 0.4) is 0 Å². The summed E-state index contributed by atoms with van der Waals surface area (Å²) in [6.07, 6.45) is 0. The largest absolute Gasteiger partial charge is 0.336 e. The summed E-state index contributed by atoms with van der Waals surface area (Å²) in [5, 5.41) is 11.4. The van der Waals surface area contributed by atoms with Crippen molar-refractivity contribution in [3.8, 4) is 0 Å². The molecule has 8 nitrogen and oxygen atoms in total. The Balaban J connectivity index is 1.76. The Hall–Kier alpha value is -2.01. The molecule has 0 aliphatic carbocycles. The van der Waals surface area contributed by atoms with Gasteiger partial charge in [-0.15, -0.1) is 0 Å². The first kappa shape index (κ1) is 20.7. The third-order valence-electron chi connectivity index (χ3n) is 4.35. The van der Waals surface area contributed by atoms with Crippen LogP contribution in [0, 0.1) is 10.1 Å². The maximum absolute atomic E-state index is 12.8. The van der Waals surface area contributed by atoms with Crippen molar-refractivity contribution in [1.82, 2.24) is 9.21 Å². The van der Waals surface area contributed by atoms with E-state index in [1.165, 1.54) is 33.5 Å². The van der Waals surface area contributed by atoms with Crippen molar-refractivity contribution in [1.29, 1.82) is 0 Å². The highest BCUT2D eigenvalue weighted by Gasteiger charge is 2.32. The molecule has 3 rings (SSSR count). The number of halogens is 2. The van der Waals surface area contributed by atoms with E-state index in [2.05, 4.69) is 15.9 Å². The van der Waals surface area contributed by atoms with Crippen LogP contribution in [0.25, 0.3) is 0 Å². The number of nitrogens with zero attached hydrogens (tertiary/aromatic N) is 3. The van der Waals surface area contributed by atoms with E-state index < -0.39 is 20.9 Å². The summed E-state index contributed by atoms with van der Waals surface area (Å²) in [6, 6.07) is 10.2. The Morgan fingerprint density at radius 1 is 1.11 bits per heavy atom. The summed E-state index contributed by atoms with van der Waals surface area (Å²) in [5.74, 6) is -0.525.